The van der Waals surface area contributed by atoms with Crippen molar-refractivity contribution in [3.05, 3.63) is 47.8 Å². The summed E-state index contributed by atoms with van der Waals surface area (Å²) >= 11 is 0. The predicted octanol–water partition coefficient (Wildman–Crippen LogP) is 5.49. The van der Waals surface area contributed by atoms with Crippen LogP contribution < -0.4 is 15.4 Å². The fraction of sp³-hybridized carbons (Fsp3) is 0.515. The summed E-state index contributed by atoms with van der Waals surface area (Å²) in [5.41, 5.74) is 5.81. The van der Waals surface area contributed by atoms with Gasteiger partial charge in [0.2, 0.25) is 11.8 Å². The number of amides is 1. The van der Waals surface area contributed by atoms with E-state index in [0.717, 1.165) is 53.8 Å². The molecule has 2 bridgehead atoms. The van der Waals surface area contributed by atoms with Crippen LogP contribution in [0, 0.1) is 18.8 Å². The number of carbonyl (C=O) groups excluding carboxylic acids is 1. The quantitative estimate of drug-likeness (QED) is 0.328. The first-order chi connectivity index (χ1) is 20.8. The Kier molecular flexibility index (Phi) is 7.33. The number of carbonyl (C=O) groups is 1. The van der Waals surface area contributed by atoms with E-state index in [4.69, 9.17) is 14.7 Å². The summed E-state index contributed by atoms with van der Waals surface area (Å²) in [5.74, 6) is 2.24. The minimum Gasteiger partial charge on any atom is -0.477 e. The molecule has 0 radical (unpaired) electrons. The van der Waals surface area contributed by atoms with Crippen LogP contribution >= 0.6 is 0 Å². The number of aryl methyl sites for hydroxylation is 2. The Hall–Kier alpha value is -3.92. The number of nitrogens with one attached hydrogen (secondary N) is 2. The molecule has 10 heteroatoms. The van der Waals surface area contributed by atoms with Gasteiger partial charge in [0, 0.05) is 42.6 Å². The zero-order valence-electron chi connectivity index (χ0n) is 25.6. The minimum atomic E-state index is -0.202. The van der Waals surface area contributed by atoms with Crippen LogP contribution in [0.1, 0.15) is 61.0 Å². The van der Waals surface area contributed by atoms with Crippen molar-refractivity contribution in [2.45, 2.75) is 70.5 Å². The lowest BCUT2D eigenvalue weighted by Gasteiger charge is -2.21. The Balaban J connectivity index is 1.25. The van der Waals surface area contributed by atoms with E-state index < -0.39 is 0 Å². The number of rotatable bonds is 4. The maximum Gasteiger partial charge on any atom is 0.258 e. The Morgan fingerprint density at radius 1 is 1.05 bits per heavy atom. The number of hydrogen-bond donors (Lipinski definition) is 2. The van der Waals surface area contributed by atoms with Crippen molar-refractivity contribution in [3.63, 3.8) is 0 Å². The highest BCUT2D eigenvalue weighted by Gasteiger charge is 2.33. The largest absolute Gasteiger partial charge is 0.477 e. The standard InChI is InChI=1S/C33H42N8O2/c1-20-14-23-15-29(35-20)27-18-34-40(4)32(27)43-13-5-6-22(21-7-8-21)19-41-30-17-25(36-24-9-11-26(16-24)39(2)3)10-12-28(30)37-33(41)38-31(23)42/h10,12,14-15,17-18,21-22,24,26,36H,5-9,11,13,16,19H2,1-4H3,(H,37,38,42)/t22-,24-,26+/m1/s1. The molecule has 2 aliphatic carbocycles. The molecule has 4 heterocycles. The van der Waals surface area contributed by atoms with Crippen molar-refractivity contribution >= 4 is 28.6 Å². The Labute approximate surface area is 252 Å². The molecule has 10 nitrogen and oxygen atoms in total. The zero-order valence-corrected chi connectivity index (χ0v) is 25.6. The third-order valence-electron chi connectivity index (χ3n) is 9.52. The van der Waals surface area contributed by atoms with Gasteiger partial charge < -0.3 is 19.5 Å². The topological polar surface area (TPSA) is 102 Å². The molecule has 2 N–H and O–H groups in total. The van der Waals surface area contributed by atoms with Gasteiger partial charge in [0.1, 0.15) is 0 Å². The Bertz CT molecular complexity index is 1650. The number of ether oxygens (including phenoxy) is 1. The van der Waals surface area contributed by atoms with Crippen LogP contribution in [0.4, 0.5) is 11.6 Å². The van der Waals surface area contributed by atoms with Crippen LogP contribution in [0.25, 0.3) is 22.3 Å². The molecular weight excluding hydrogens is 540 g/mol. The van der Waals surface area contributed by atoms with Gasteiger partial charge in [-0.1, -0.05) is 0 Å². The number of imidazole rings is 1. The van der Waals surface area contributed by atoms with Gasteiger partial charge in [-0.15, -0.1) is 0 Å². The van der Waals surface area contributed by atoms with E-state index in [9.17, 15) is 4.79 Å². The second-order valence-corrected chi connectivity index (χ2v) is 12.9. The molecule has 1 aliphatic heterocycles. The zero-order chi connectivity index (χ0) is 29.7. The van der Waals surface area contributed by atoms with Gasteiger partial charge in [0.25, 0.3) is 5.91 Å². The monoisotopic (exact) mass is 582 g/mol. The highest BCUT2D eigenvalue weighted by Crippen LogP contribution is 2.41. The van der Waals surface area contributed by atoms with E-state index in [1.807, 2.05) is 26.1 Å². The smallest absolute Gasteiger partial charge is 0.258 e. The normalized spacial score (nSPS) is 22.8. The number of anilines is 2. The average molecular weight is 583 g/mol. The lowest BCUT2D eigenvalue weighted by molar-refractivity contribution is 0.102. The van der Waals surface area contributed by atoms with Gasteiger partial charge in [-0.05, 0) is 108 Å². The Morgan fingerprint density at radius 2 is 1.91 bits per heavy atom. The average Bonchev–Trinajstić information content (AvgIpc) is 3.46. The number of aromatic nitrogens is 5. The molecule has 2 fully saturated rings. The third-order valence-corrected chi connectivity index (χ3v) is 9.52. The van der Waals surface area contributed by atoms with Crippen molar-refractivity contribution in [1.29, 1.82) is 0 Å². The van der Waals surface area contributed by atoms with Crippen molar-refractivity contribution in [2.75, 3.05) is 31.3 Å². The summed E-state index contributed by atoms with van der Waals surface area (Å²) < 4.78 is 10.3. The summed E-state index contributed by atoms with van der Waals surface area (Å²) in [6, 6.07) is 11.1. The van der Waals surface area contributed by atoms with Crippen LogP contribution in [-0.4, -0.2) is 67.9 Å². The minimum absolute atomic E-state index is 0.202. The van der Waals surface area contributed by atoms with Crippen molar-refractivity contribution in [2.24, 2.45) is 18.9 Å². The number of pyridine rings is 1. The Morgan fingerprint density at radius 3 is 2.70 bits per heavy atom. The molecule has 4 aromatic rings. The van der Waals surface area contributed by atoms with E-state index in [2.05, 4.69) is 57.5 Å². The summed E-state index contributed by atoms with van der Waals surface area (Å²) in [5, 5.41) is 11.4. The van der Waals surface area contributed by atoms with E-state index in [0.29, 0.717) is 53.6 Å². The van der Waals surface area contributed by atoms with E-state index in [-0.39, 0.29) is 5.91 Å². The van der Waals surface area contributed by atoms with E-state index >= 15 is 0 Å². The van der Waals surface area contributed by atoms with Crippen molar-refractivity contribution < 1.29 is 9.53 Å². The van der Waals surface area contributed by atoms with Gasteiger partial charge in [-0.25, -0.2) is 9.67 Å². The molecule has 3 aromatic heterocycles. The predicted molar refractivity (Wildman–Crippen MR) is 169 cm³/mol. The third kappa shape index (κ3) is 5.72. The molecule has 1 amide bonds. The maximum atomic E-state index is 13.8. The first kappa shape index (κ1) is 27.9. The van der Waals surface area contributed by atoms with Crippen molar-refractivity contribution in [3.8, 4) is 17.1 Å². The van der Waals surface area contributed by atoms with Gasteiger partial charge in [-0.3, -0.25) is 15.1 Å². The fourth-order valence-corrected chi connectivity index (χ4v) is 6.96. The molecule has 226 valence electrons. The van der Waals surface area contributed by atoms with Crippen LogP contribution in [0.2, 0.25) is 0 Å². The van der Waals surface area contributed by atoms with Crippen LogP contribution in [0.5, 0.6) is 5.88 Å². The first-order valence-electron chi connectivity index (χ1n) is 15.7. The highest BCUT2D eigenvalue weighted by molar-refractivity contribution is 6.05. The van der Waals surface area contributed by atoms with Crippen LogP contribution in [-0.2, 0) is 13.6 Å². The van der Waals surface area contributed by atoms with Gasteiger partial charge in [0.05, 0.1) is 35.1 Å². The molecular formula is C33H42N8O2. The molecule has 3 aliphatic rings. The number of hydrogen-bond acceptors (Lipinski definition) is 7. The molecule has 7 rings (SSSR count). The lowest BCUT2D eigenvalue weighted by atomic mass is 9.97. The molecule has 0 spiro atoms. The molecule has 0 unspecified atom stereocenters. The summed E-state index contributed by atoms with van der Waals surface area (Å²) in [6.45, 7) is 3.32. The summed E-state index contributed by atoms with van der Waals surface area (Å²) in [4.78, 5) is 25.8. The van der Waals surface area contributed by atoms with E-state index in [1.165, 1.54) is 25.7 Å². The number of fused-ring (bicyclic) bond motifs is 7. The second-order valence-electron chi connectivity index (χ2n) is 12.9. The molecule has 2 saturated carbocycles. The number of benzene rings is 1. The molecule has 3 atom stereocenters. The van der Waals surface area contributed by atoms with E-state index in [1.54, 1.807) is 10.9 Å². The molecule has 43 heavy (non-hydrogen) atoms. The van der Waals surface area contributed by atoms with Crippen molar-refractivity contribution in [1.82, 2.24) is 29.2 Å². The molecule has 1 aromatic carbocycles. The van der Waals surface area contributed by atoms with Crippen LogP contribution in [0.3, 0.4) is 0 Å². The highest BCUT2D eigenvalue weighted by atomic mass is 16.5. The van der Waals surface area contributed by atoms with Gasteiger partial charge in [-0.2, -0.15) is 5.10 Å². The van der Waals surface area contributed by atoms with Crippen LogP contribution in [0.15, 0.2) is 36.5 Å². The second kappa shape index (κ2) is 11.3. The fourth-order valence-electron chi connectivity index (χ4n) is 6.96. The lowest BCUT2D eigenvalue weighted by Crippen LogP contribution is -2.26. The first-order valence-corrected chi connectivity index (χ1v) is 15.7. The molecule has 0 saturated heterocycles. The van der Waals surface area contributed by atoms with Gasteiger partial charge in [0.15, 0.2) is 0 Å². The summed E-state index contributed by atoms with van der Waals surface area (Å²) in [6.07, 6.45) is 9.78. The van der Waals surface area contributed by atoms with Gasteiger partial charge >= 0.3 is 0 Å². The maximum absolute atomic E-state index is 13.8. The summed E-state index contributed by atoms with van der Waals surface area (Å²) in [7, 11) is 6.22. The number of nitrogens with zero attached hydrogens (tertiary/aromatic N) is 6. The SMILES string of the molecule is Cc1cc2cc(n1)-c1cnn(C)c1OCCC[C@@H](C1CC1)Cn1c(nc3ccc(N[C@@H]4CC[C@H](N(C)C)C4)cc31)NC2=O.